The average molecular weight is 485 g/mol. The monoisotopic (exact) mass is 484 g/mol. The summed E-state index contributed by atoms with van der Waals surface area (Å²) in [6.07, 6.45) is -2.86. The molecular formula is C20H22Cl2N4O6. The summed E-state index contributed by atoms with van der Waals surface area (Å²) in [6, 6.07) is 4.57. The van der Waals surface area contributed by atoms with Gasteiger partial charge >= 0.3 is 0 Å². The highest BCUT2D eigenvalue weighted by molar-refractivity contribution is 6.42. The fraction of sp³-hybridized carbons (Fsp3) is 0.400. The Bertz CT molecular complexity index is 1180. The van der Waals surface area contributed by atoms with Crippen molar-refractivity contribution in [2.75, 3.05) is 13.7 Å². The molecule has 0 saturated carbocycles. The number of aromatic amines is 1. The molecule has 0 unspecified atom stereocenters. The summed E-state index contributed by atoms with van der Waals surface area (Å²) in [5.41, 5.74) is 1.83. The van der Waals surface area contributed by atoms with Crippen LogP contribution < -0.4 is 5.49 Å². The van der Waals surface area contributed by atoms with Gasteiger partial charge in [-0.25, -0.2) is 4.98 Å². The fourth-order valence-corrected chi connectivity index (χ4v) is 4.23. The third-order valence-electron chi connectivity index (χ3n) is 5.43. The summed E-state index contributed by atoms with van der Waals surface area (Å²) in [5.74, 6) is 0. The molecule has 1 aliphatic heterocycles. The maximum Gasteiger partial charge on any atom is 0.204 e. The molecule has 4 rings (SSSR count). The molecule has 10 nitrogen and oxygen atoms in total. The first-order valence-corrected chi connectivity index (χ1v) is 10.5. The Kier molecular flexibility index (Phi) is 6.72. The molecule has 0 spiro atoms. The van der Waals surface area contributed by atoms with E-state index in [2.05, 4.69) is 15.1 Å². The van der Waals surface area contributed by atoms with Crippen molar-refractivity contribution in [3.63, 3.8) is 0 Å². The lowest BCUT2D eigenvalue weighted by molar-refractivity contribution is -0.0848. The minimum absolute atomic E-state index is 0.129. The van der Waals surface area contributed by atoms with E-state index in [9.17, 15) is 20.4 Å². The Morgan fingerprint density at radius 2 is 2.06 bits per heavy atom. The second-order valence-corrected chi connectivity index (χ2v) is 8.16. The molecule has 1 aromatic carbocycles. The maximum absolute atomic E-state index is 10.8. The van der Waals surface area contributed by atoms with E-state index < -0.39 is 30.6 Å². The zero-order chi connectivity index (χ0) is 23.0. The van der Waals surface area contributed by atoms with Crippen LogP contribution in [-0.2, 0) is 16.0 Å². The molecule has 0 amide bonds. The maximum atomic E-state index is 10.8. The van der Waals surface area contributed by atoms with Crippen LogP contribution in [0.25, 0.3) is 11.0 Å². The van der Waals surface area contributed by atoms with Crippen LogP contribution in [-0.4, -0.2) is 67.0 Å². The van der Waals surface area contributed by atoms with Crippen molar-refractivity contribution < 1.29 is 30.0 Å². The quantitative estimate of drug-likeness (QED) is 0.328. The number of aromatic nitrogens is 3. The molecular weight excluding hydrogens is 463 g/mol. The van der Waals surface area contributed by atoms with Crippen molar-refractivity contribution in [1.82, 2.24) is 14.5 Å². The third kappa shape index (κ3) is 3.99. The van der Waals surface area contributed by atoms with Gasteiger partial charge in [-0.3, -0.25) is 0 Å². The Hall–Kier alpha value is -2.18. The molecule has 3 aromatic rings. The number of aliphatic hydroxyl groups is 4. The highest BCUT2D eigenvalue weighted by Crippen LogP contribution is 2.38. The summed E-state index contributed by atoms with van der Waals surface area (Å²) in [4.78, 5) is 12.0. The zero-order valence-corrected chi connectivity index (χ0v) is 18.4. The molecule has 1 aliphatic rings. The van der Waals surface area contributed by atoms with Gasteiger partial charge in [-0.15, -0.1) is 0 Å². The van der Waals surface area contributed by atoms with Gasteiger partial charge in [0.1, 0.15) is 37.2 Å². The second kappa shape index (κ2) is 9.36. The Balaban J connectivity index is 1.73. The van der Waals surface area contributed by atoms with E-state index in [0.29, 0.717) is 27.2 Å². The number of ether oxygens (including phenoxy) is 1. The van der Waals surface area contributed by atoms with Crippen LogP contribution >= 0.6 is 23.2 Å². The molecule has 0 radical (unpaired) electrons. The standard InChI is InChI=1S/C20H22Cl2N4O6/c1-31-25-18-13-10(4-5-27)7-26(19(13)24-8-23-18)20-16(30)15(29)17(32-20)14(28)9-2-3-11(21)12(22)6-9/h2-3,6-8,14-17,20,27-30H,4-5H2,1H3,(H,23,24,25)/t14-,15+,16-,17-,20-/m1/s1. The van der Waals surface area contributed by atoms with E-state index >= 15 is 0 Å². The van der Waals surface area contributed by atoms with Crippen molar-refractivity contribution in [1.29, 1.82) is 0 Å². The molecule has 0 aliphatic carbocycles. The lowest BCUT2D eigenvalue weighted by Gasteiger charge is -2.21. The van der Waals surface area contributed by atoms with E-state index in [1.165, 1.54) is 25.6 Å². The van der Waals surface area contributed by atoms with Crippen LogP contribution in [0.1, 0.15) is 23.5 Å². The lowest BCUT2D eigenvalue weighted by Crippen LogP contribution is -2.34. The zero-order valence-electron chi connectivity index (χ0n) is 16.9. The molecule has 5 atom stereocenters. The Labute approximate surface area is 192 Å². The predicted molar refractivity (Wildman–Crippen MR) is 115 cm³/mol. The van der Waals surface area contributed by atoms with Gasteiger partial charge in [0.15, 0.2) is 6.23 Å². The number of benzene rings is 1. The van der Waals surface area contributed by atoms with Crippen molar-refractivity contribution in [3.05, 3.63) is 57.4 Å². The number of aliphatic hydroxyl groups excluding tert-OH is 4. The average Bonchev–Trinajstić information content (AvgIpc) is 3.28. The summed E-state index contributed by atoms with van der Waals surface area (Å²) in [6.45, 7) is -0.129. The number of fused-ring (bicyclic) bond motifs is 1. The van der Waals surface area contributed by atoms with Gasteiger partial charge in [0.25, 0.3) is 0 Å². The molecule has 2 aromatic heterocycles. The molecule has 3 heterocycles. The predicted octanol–water partition coefficient (Wildman–Crippen LogP) is 1.02. The summed E-state index contributed by atoms with van der Waals surface area (Å²) < 4.78 is 7.51. The number of nitrogens with zero attached hydrogens (tertiary/aromatic N) is 3. The van der Waals surface area contributed by atoms with E-state index in [0.717, 1.165) is 0 Å². The van der Waals surface area contributed by atoms with Gasteiger partial charge in [0, 0.05) is 12.8 Å². The summed E-state index contributed by atoms with van der Waals surface area (Å²) in [5, 5.41) is 46.8. The van der Waals surface area contributed by atoms with Gasteiger partial charge in [-0.05, 0) is 29.7 Å². The van der Waals surface area contributed by atoms with E-state index in [4.69, 9.17) is 32.8 Å². The minimum atomic E-state index is -1.40. The Morgan fingerprint density at radius 3 is 2.75 bits per heavy atom. The smallest absolute Gasteiger partial charge is 0.204 e. The minimum Gasteiger partial charge on any atom is -0.397 e. The largest absolute Gasteiger partial charge is 0.397 e. The number of halogens is 2. The van der Waals surface area contributed by atoms with E-state index in [1.54, 1.807) is 16.8 Å². The van der Waals surface area contributed by atoms with Crippen LogP contribution in [0.4, 0.5) is 0 Å². The number of hydrogen-bond donors (Lipinski definition) is 5. The highest BCUT2D eigenvalue weighted by atomic mass is 35.5. The third-order valence-corrected chi connectivity index (χ3v) is 6.17. The summed E-state index contributed by atoms with van der Waals surface area (Å²) in [7, 11) is 1.39. The normalized spacial score (nSPS) is 24.9. The first kappa shape index (κ1) is 23.0. The van der Waals surface area contributed by atoms with Gasteiger partial charge < -0.3 is 39.6 Å². The van der Waals surface area contributed by atoms with E-state index in [1.807, 2.05) is 0 Å². The first-order chi connectivity index (χ1) is 15.4. The molecule has 0 bridgehead atoms. The number of hydrogen-bond acceptors (Lipinski definition) is 8. The molecule has 32 heavy (non-hydrogen) atoms. The van der Waals surface area contributed by atoms with Crippen molar-refractivity contribution in [2.45, 2.75) is 37.1 Å². The highest BCUT2D eigenvalue weighted by Gasteiger charge is 2.47. The van der Waals surface area contributed by atoms with Gasteiger partial charge in [-0.2, -0.15) is 0 Å². The fourth-order valence-electron chi connectivity index (χ4n) is 3.92. The van der Waals surface area contributed by atoms with Crippen LogP contribution in [0.2, 0.25) is 10.0 Å². The van der Waals surface area contributed by atoms with Crippen LogP contribution in [0.15, 0.2) is 35.9 Å². The van der Waals surface area contributed by atoms with E-state index in [-0.39, 0.29) is 23.5 Å². The number of nitrogens with one attached hydrogen (secondary N) is 1. The van der Waals surface area contributed by atoms with Gasteiger partial charge in [0.2, 0.25) is 5.49 Å². The summed E-state index contributed by atoms with van der Waals surface area (Å²) >= 11 is 12.0. The number of H-pyrrole nitrogens is 1. The molecule has 1 saturated heterocycles. The second-order valence-electron chi connectivity index (χ2n) is 7.35. The molecule has 5 N–H and O–H groups in total. The Morgan fingerprint density at radius 1 is 1.28 bits per heavy atom. The molecule has 172 valence electrons. The topological polar surface area (TPSA) is 145 Å². The van der Waals surface area contributed by atoms with Crippen molar-refractivity contribution in [3.8, 4) is 0 Å². The SMILES string of the molecule is CO/N=c1\nc[nH]c2c1c(CCO)cn2[C@@H]1O[C@H]([C@H](O)c2ccc(Cl)c(Cl)c2)[C@@H](O)[C@H]1O. The number of rotatable bonds is 6. The molecule has 12 heteroatoms. The van der Waals surface area contributed by atoms with Crippen molar-refractivity contribution in [2.24, 2.45) is 5.16 Å². The first-order valence-electron chi connectivity index (χ1n) is 9.77. The molecule has 1 fully saturated rings. The lowest BCUT2D eigenvalue weighted by atomic mass is 9.99. The van der Waals surface area contributed by atoms with Gasteiger partial charge in [0.05, 0.1) is 21.8 Å². The van der Waals surface area contributed by atoms with Gasteiger partial charge in [-0.1, -0.05) is 34.4 Å². The van der Waals surface area contributed by atoms with Crippen molar-refractivity contribution >= 4 is 34.2 Å². The van der Waals surface area contributed by atoms with Crippen LogP contribution in [0.5, 0.6) is 0 Å². The van der Waals surface area contributed by atoms with Crippen LogP contribution in [0.3, 0.4) is 0 Å². The van der Waals surface area contributed by atoms with Crippen LogP contribution in [0, 0.1) is 0 Å².